The quantitative estimate of drug-likeness (QED) is 0.165. The van der Waals surface area contributed by atoms with Gasteiger partial charge in [0, 0.05) is 23.6 Å². The minimum atomic E-state index is -0.678. The van der Waals surface area contributed by atoms with E-state index < -0.39 is 11.9 Å². The normalized spacial score (nSPS) is 17.2. The van der Waals surface area contributed by atoms with Gasteiger partial charge in [0.2, 0.25) is 5.78 Å². The summed E-state index contributed by atoms with van der Waals surface area (Å²) < 4.78 is 14.3. The molecule has 230 valence electrons. The maximum Gasteiger partial charge on any atom is 1.00 e. The summed E-state index contributed by atoms with van der Waals surface area (Å²) in [6, 6.07) is 15.7. The molecule has 45 heavy (non-hydrogen) atoms. The Kier molecular flexibility index (Phi) is 11.2. The molecule has 1 unspecified atom stereocenters. The minimum Gasteiger partial charge on any atom is -1.00 e. The molecule has 11 nitrogen and oxygen atoms in total. The van der Waals surface area contributed by atoms with E-state index in [4.69, 9.17) is 9.26 Å². The molecule has 0 amide bonds. The minimum absolute atomic E-state index is 0. The number of hydrogen-bond donors (Lipinski definition) is 2. The van der Waals surface area contributed by atoms with E-state index in [1.54, 1.807) is 0 Å². The van der Waals surface area contributed by atoms with Crippen molar-refractivity contribution in [2.24, 2.45) is 0 Å². The van der Waals surface area contributed by atoms with Crippen molar-refractivity contribution in [2.75, 3.05) is 6.61 Å². The fourth-order valence-corrected chi connectivity index (χ4v) is 6.14. The predicted molar refractivity (Wildman–Crippen MR) is 167 cm³/mol. The Hall–Kier alpha value is -2.97. The van der Waals surface area contributed by atoms with Crippen LogP contribution in [0.2, 0.25) is 0 Å². The van der Waals surface area contributed by atoms with E-state index in [1.807, 2.05) is 57.6 Å². The zero-order chi connectivity index (χ0) is 30.6. The summed E-state index contributed by atoms with van der Waals surface area (Å²) in [5.74, 6) is 0.342. The Morgan fingerprint density at radius 1 is 1.13 bits per heavy atom. The molecule has 1 aliphatic carbocycles. The fourth-order valence-electron chi connectivity index (χ4n) is 6.14. The van der Waals surface area contributed by atoms with Gasteiger partial charge >= 0.3 is 57.1 Å². The SMILES string of the molecule is C=CC(O)COC1CCC(n2c(=O)c(Cc3ccc(-c4ccccc4-c4noc(=O)[nH]4)cc3)c(CCC)n3ncnc23)CC1.[H-].[K+]. The second-order valence-electron chi connectivity index (χ2n) is 11.3. The van der Waals surface area contributed by atoms with Gasteiger partial charge in [-0.15, -0.1) is 6.58 Å². The van der Waals surface area contributed by atoms with Gasteiger partial charge < -0.3 is 11.3 Å². The summed E-state index contributed by atoms with van der Waals surface area (Å²) >= 11 is 0. The molecule has 12 heteroatoms. The molecule has 1 aliphatic rings. The molecule has 0 saturated heterocycles. The number of benzene rings is 2. The van der Waals surface area contributed by atoms with Crippen LogP contribution in [0.15, 0.2) is 81.6 Å². The Morgan fingerprint density at radius 3 is 2.53 bits per heavy atom. The van der Waals surface area contributed by atoms with Gasteiger partial charge in [-0.2, -0.15) is 10.1 Å². The zero-order valence-corrected chi connectivity index (χ0v) is 28.8. The van der Waals surface area contributed by atoms with E-state index >= 15 is 0 Å². The van der Waals surface area contributed by atoms with Gasteiger partial charge in [-0.05, 0) is 48.8 Å². The number of H-pyrrole nitrogens is 1. The third-order valence-electron chi connectivity index (χ3n) is 8.36. The first-order valence-corrected chi connectivity index (χ1v) is 15.1. The van der Waals surface area contributed by atoms with E-state index in [0.717, 1.165) is 65.6 Å². The number of aliphatic hydroxyl groups is 1. The first kappa shape index (κ1) is 33.4. The van der Waals surface area contributed by atoms with Gasteiger partial charge in [0.1, 0.15) is 6.33 Å². The molecule has 6 rings (SSSR count). The van der Waals surface area contributed by atoms with Crippen LogP contribution in [0.25, 0.3) is 28.3 Å². The number of nitrogens with one attached hydrogen (secondary N) is 1. The molecule has 2 aromatic carbocycles. The number of nitrogens with zero attached hydrogens (tertiary/aromatic N) is 5. The van der Waals surface area contributed by atoms with Crippen molar-refractivity contribution in [2.45, 2.75) is 70.1 Å². The number of aromatic amines is 1. The number of fused-ring (bicyclic) bond motifs is 1. The Morgan fingerprint density at radius 2 is 1.87 bits per heavy atom. The van der Waals surface area contributed by atoms with Gasteiger partial charge in [0.05, 0.1) is 24.5 Å². The molecule has 0 spiro atoms. The van der Waals surface area contributed by atoms with Gasteiger partial charge in [-0.3, -0.25) is 18.9 Å². The summed E-state index contributed by atoms with van der Waals surface area (Å²) in [4.78, 5) is 33.0. The first-order valence-electron chi connectivity index (χ1n) is 15.1. The van der Waals surface area contributed by atoms with Crippen LogP contribution >= 0.6 is 0 Å². The molecule has 1 saturated carbocycles. The summed E-state index contributed by atoms with van der Waals surface area (Å²) in [5, 5.41) is 18.2. The number of aryl methyl sites for hydroxylation is 1. The molecule has 1 atom stereocenters. The van der Waals surface area contributed by atoms with Gasteiger partial charge in [-0.1, -0.05) is 73.1 Å². The van der Waals surface area contributed by atoms with Crippen molar-refractivity contribution in [3.63, 3.8) is 0 Å². The van der Waals surface area contributed by atoms with E-state index in [-0.39, 0.29) is 77.1 Å². The standard InChI is InChI=1S/C33H36N6O5.K.H/c1-3-7-29-28(18-21-10-12-22(13-11-21)26-8-5-6-9-27(26)30-36-33(42)44-37-30)31(41)38(32-34-20-35-39(29)32)23-14-16-25(17-15-23)43-19-24(40)4-2;;/h4-6,8-13,20,23-25,40H,2-3,7,14-19H2,1H3,(H,36,37,42);;/q;+1;-1. The van der Waals surface area contributed by atoms with E-state index in [1.165, 1.54) is 12.4 Å². The van der Waals surface area contributed by atoms with Crippen LogP contribution in [-0.2, 0) is 17.6 Å². The van der Waals surface area contributed by atoms with Gasteiger partial charge in [0.25, 0.3) is 5.56 Å². The Labute approximate surface area is 304 Å². The summed E-state index contributed by atoms with van der Waals surface area (Å²) in [6.07, 6.45) is 7.51. The Balaban J connectivity index is 0.00000240. The molecule has 0 bridgehead atoms. The van der Waals surface area contributed by atoms with E-state index in [2.05, 4.69) is 33.7 Å². The van der Waals surface area contributed by atoms with E-state index in [9.17, 15) is 14.7 Å². The average Bonchev–Trinajstić information content (AvgIpc) is 3.72. The van der Waals surface area contributed by atoms with Crippen LogP contribution in [0.1, 0.15) is 63.3 Å². The maximum absolute atomic E-state index is 14.3. The molecule has 3 heterocycles. The fraction of sp³-hybridized carbons (Fsp3) is 0.364. The number of aromatic nitrogens is 6. The van der Waals surface area contributed by atoms with Crippen LogP contribution < -0.4 is 62.7 Å². The van der Waals surface area contributed by atoms with Crippen LogP contribution in [0.5, 0.6) is 0 Å². The van der Waals surface area contributed by atoms with Crippen molar-refractivity contribution in [1.82, 2.24) is 29.3 Å². The van der Waals surface area contributed by atoms with Crippen molar-refractivity contribution >= 4 is 5.78 Å². The average molecular weight is 637 g/mol. The topological polar surface area (TPSA) is 141 Å². The van der Waals surface area contributed by atoms with Crippen LogP contribution in [0.3, 0.4) is 0 Å². The maximum atomic E-state index is 14.3. The second-order valence-corrected chi connectivity index (χ2v) is 11.3. The molecular weight excluding hydrogens is 599 g/mol. The van der Waals surface area contributed by atoms with Crippen molar-refractivity contribution in [1.29, 1.82) is 0 Å². The predicted octanol–water partition coefficient (Wildman–Crippen LogP) is 1.61. The molecule has 1 fully saturated rings. The smallest absolute Gasteiger partial charge is 1.00 e. The number of rotatable bonds is 11. The molecule has 0 aliphatic heterocycles. The first-order chi connectivity index (χ1) is 21.5. The zero-order valence-electron chi connectivity index (χ0n) is 26.7. The van der Waals surface area contributed by atoms with Crippen LogP contribution in [0, 0.1) is 0 Å². The van der Waals surface area contributed by atoms with Crippen LogP contribution in [-0.4, -0.2) is 53.2 Å². The molecule has 5 aromatic rings. The van der Waals surface area contributed by atoms with Crippen molar-refractivity contribution in [3.05, 3.63) is 105 Å². The largest absolute Gasteiger partial charge is 1.00 e. The monoisotopic (exact) mass is 636 g/mol. The van der Waals surface area contributed by atoms with Gasteiger partial charge in [-0.25, -0.2) is 9.31 Å². The summed E-state index contributed by atoms with van der Waals surface area (Å²) in [5.41, 5.74) is 5.20. The van der Waals surface area contributed by atoms with E-state index in [0.29, 0.717) is 24.4 Å². The second kappa shape index (κ2) is 15.1. The third kappa shape index (κ3) is 7.22. The van der Waals surface area contributed by atoms with Crippen molar-refractivity contribution < 1.29 is 67.2 Å². The molecular formula is C33H37KN6O5. The van der Waals surface area contributed by atoms with Crippen molar-refractivity contribution in [3.8, 4) is 22.5 Å². The number of ether oxygens (including phenoxy) is 1. The summed E-state index contributed by atoms with van der Waals surface area (Å²) in [6.45, 7) is 5.93. The number of aliphatic hydroxyl groups excluding tert-OH is 1. The molecule has 3 aromatic heterocycles. The summed E-state index contributed by atoms with van der Waals surface area (Å²) in [7, 11) is 0. The number of hydrogen-bond acceptors (Lipinski definition) is 8. The van der Waals surface area contributed by atoms with Crippen LogP contribution in [0.4, 0.5) is 0 Å². The van der Waals surface area contributed by atoms with Gasteiger partial charge in [0.15, 0.2) is 5.82 Å². The molecule has 0 radical (unpaired) electrons. The molecule has 2 N–H and O–H groups in total. The Bertz CT molecular complexity index is 1870. The third-order valence-corrected chi connectivity index (χ3v) is 8.36.